The fraction of sp³-hybridized carbons (Fsp3) is 0.923. The third-order valence-corrected chi connectivity index (χ3v) is 6.13. The molecular formula is C13H24N2O5S. The number of hydrogen-bond acceptors (Lipinski definition) is 4. The van der Waals surface area contributed by atoms with Crippen molar-refractivity contribution in [3.8, 4) is 0 Å². The molecule has 2 saturated heterocycles. The second-order valence-corrected chi connectivity index (χ2v) is 7.73. The van der Waals surface area contributed by atoms with Gasteiger partial charge in [0.1, 0.15) is 6.04 Å². The molecule has 0 radical (unpaired) electrons. The lowest BCUT2D eigenvalue weighted by Gasteiger charge is -2.36. The Hall–Kier alpha value is -0.700. The number of piperidine rings is 1. The second kappa shape index (κ2) is 7.04. The van der Waals surface area contributed by atoms with E-state index >= 15 is 0 Å². The van der Waals surface area contributed by atoms with Crippen LogP contribution in [0.5, 0.6) is 0 Å². The Morgan fingerprint density at radius 2 is 2.00 bits per heavy atom. The molecule has 122 valence electrons. The Bertz CT molecular complexity index is 461. The van der Waals surface area contributed by atoms with Crippen LogP contribution in [-0.4, -0.2) is 67.0 Å². The standard InChI is InChI=1S/C13H24N2O5S/c1-14(10-11-6-3-5-9-20-11)21(18,19)15-8-4-2-7-12(15)13(16)17/h11-12H,2-10H2,1H3,(H,16,17). The molecule has 7 nitrogen and oxygen atoms in total. The van der Waals surface area contributed by atoms with E-state index in [2.05, 4.69) is 0 Å². The summed E-state index contributed by atoms with van der Waals surface area (Å²) in [5, 5.41) is 9.23. The first-order chi connectivity index (χ1) is 9.93. The smallest absolute Gasteiger partial charge is 0.322 e. The molecule has 8 heteroatoms. The average molecular weight is 320 g/mol. The lowest BCUT2D eigenvalue weighted by molar-refractivity contribution is -0.142. The van der Waals surface area contributed by atoms with Gasteiger partial charge in [0.2, 0.25) is 0 Å². The van der Waals surface area contributed by atoms with Crippen LogP contribution in [0.3, 0.4) is 0 Å². The van der Waals surface area contributed by atoms with Crippen LogP contribution in [0.2, 0.25) is 0 Å². The molecule has 2 fully saturated rings. The van der Waals surface area contributed by atoms with Crippen LogP contribution in [0, 0.1) is 0 Å². The van der Waals surface area contributed by atoms with E-state index in [1.54, 1.807) is 0 Å². The third kappa shape index (κ3) is 3.94. The van der Waals surface area contributed by atoms with E-state index in [0.717, 1.165) is 30.0 Å². The molecule has 2 aliphatic rings. The van der Waals surface area contributed by atoms with Gasteiger partial charge in [-0.25, -0.2) is 0 Å². The summed E-state index contributed by atoms with van der Waals surface area (Å²) < 4.78 is 33.1. The van der Waals surface area contributed by atoms with Crippen molar-refractivity contribution in [2.24, 2.45) is 0 Å². The van der Waals surface area contributed by atoms with Crippen molar-refractivity contribution in [1.82, 2.24) is 8.61 Å². The van der Waals surface area contributed by atoms with Crippen molar-refractivity contribution in [2.75, 3.05) is 26.7 Å². The molecule has 21 heavy (non-hydrogen) atoms. The summed E-state index contributed by atoms with van der Waals surface area (Å²) in [6.45, 7) is 1.22. The average Bonchev–Trinajstić information content (AvgIpc) is 2.48. The van der Waals surface area contributed by atoms with E-state index in [1.165, 1.54) is 11.4 Å². The van der Waals surface area contributed by atoms with Gasteiger partial charge in [-0.15, -0.1) is 0 Å². The molecule has 0 spiro atoms. The van der Waals surface area contributed by atoms with Crippen LogP contribution in [0.1, 0.15) is 38.5 Å². The maximum atomic E-state index is 12.6. The van der Waals surface area contributed by atoms with Crippen molar-refractivity contribution in [3.05, 3.63) is 0 Å². The zero-order valence-corrected chi connectivity index (χ0v) is 13.2. The summed E-state index contributed by atoms with van der Waals surface area (Å²) in [6, 6.07) is -0.946. The molecule has 0 aliphatic carbocycles. The Labute approximate surface area is 126 Å². The van der Waals surface area contributed by atoms with Gasteiger partial charge in [0.25, 0.3) is 10.2 Å². The van der Waals surface area contributed by atoms with Gasteiger partial charge in [0.15, 0.2) is 0 Å². The van der Waals surface area contributed by atoms with Gasteiger partial charge in [0, 0.05) is 26.7 Å². The minimum absolute atomic E-state index is 0.0911. The van der Waals surface area contributed by atoms with Crippen LogP contribution >= 0.6 is 0 Å². The number of carbonyl (C=O) groups is 1. The lowest BCUT2D eigenvalue weighted by Crippen LogP contribution is -2.53. The normalized spacial score (nSPS) is 28.7. The molecule has 0 bridgehead atoms. The summed E-state index contributed by atoms with van der Waals surface area (Å²) in [4.78, 5) is 11.3. The predicted octanol–water partition coefficient (Wildman–Crippen LogP) is 0.671. The monoisotopic (exact) mass is 320 g/mol. The van der Waals surface area contributed by atoms with Gasteiger partial charge in [-0.2, -0.15) is 17.0 Å². The van der Waals surface area contributed by atoms with E-state index in [1.807, 2.05) is 0 Å². The summed E-state index contributed by atoms with van der Waals surface area (Å²) in [5.41, 5.74) is 0. The van der Waals surface area contributed by atoms with E-state index in [9.17, 15) is 18.3 Å². The van der Waals surface area contributed by atoms with Crippen molar-refractivity contribution in [1.29, 1.82) is 0 Å². The molecule has 2 unspecified atom stereocenters. The van der Waals surface area contributed by atoms with Crippen molar-refractivity contribution in [3.63, 3.8) is 0 Å². The number of aliphatic carboxylic acids is 1. The van der Waals surface area contributed by atoms with Gasteiger partial charge in [-0.1, -0.05) is 0 Å². The molecule has 0 amide bonds. The number of nitrogens with zero attached hydrogens (tertiary/aromatic N) is 2. The highest BCUT2D eigenvalue weighted by molar-refractivity contribution is 7.86. The summed E-state index contributed by atoms with van der Waals surface area (Å²) in [7, 11) is -2.25. The van der Waals surface area contributed by atoms with Gasteiger partial charge in [-0.05, 0) is 38.5 Å². The van der Waals surface area contributed by atoms with Crippen LogP contribution < -0.4 is 0 Å². The Morgan fingerprint density at radius 1 is 1.29 bits per heavy atom. The number of likely N-dealkylation sites (N-methyl/N-ethyl adjacent to an activating group) is 1. The first-order valence-corrected chi connectivity index (χ1v) is 8.90. The Kier molecular flexibility index (Phi) is 5.59. The summed E-state index contributed by atoms with van der Waals surface area (Å²) in [5.74, 6) is -1.07. The van der Waals surface area contributed by atoms with Crippen LogP contribution in [-0.2, 0) is 19.7 Å². The molecule has 0 aromatic heterocycles. The molecule has 0 aromatic carbocycles. The largest absolute Gasteiger partial charge is 0.480 e. The molecule has 2 atom stereocenters. The Balaban J connectivity index is 2.05. The number of ether oxygens (including phenoxy) is 1. The van der Waals surface area contributed by atoms with E-state index in [0.29, 0.717) is 19.4 Å². The minimum atomic E-state index is -3.75. The zero-order chi connectivity index (χ0) is 15.5. The lowest BCUT2D eigenvalue weighted by atomic mass is 10.1. The van der Waals surface area contributed by atoms with Gasteiger partial charge in [0.05, 0.1) is 6.10 Å². The number of rotatable bonds is 5. The van der Waals surface area contributed by atoms with E-state index in [-0.39, 0.29) is 19.2 Å². The topological polar surface area (TPSA) is 87.2 Å². The molecule has 0 aromatic rings. The molecular weight excluding hydrogens is 296 g/mol. The Morgan fingerprint density at radius 3 is 2.62 bits per heavy atom. The first-order valence-electron chi connectivity index (χ1n) is 7.50. The van der Waals surface area contributed by atoms with Crippen molar-refractivity contribution < 1.29 is 23.1 Å². The number of hydrogen-bond donors (Lipinski definition) is 1. The maximum absolute atomic E-state index is 12.6. The van der Waals surface area contributed by atoms with Crippen molar-refractivity contribution >= 4 is 16.2 Å². The highest BCUT2D eigenvalue weighted by Crippen LogP contribution is 2.23. The SMILES string of the molecule is CN(CC1CCCCO1)S(=O)(=O)N1CCCCC1C(=O)O. The quantitative estimate of drug-likeness (QED) is 0.804. The minimum Gasteiger partial charge on any atom is -0.480 e. The van der Waals surface area contributed by atoms with Crippen molar-refractivity contribution in [2.45, 2.75) is 50.7 Å². The highest BCUT2D eigenvalue weighted by Gasteiger charge is 2.39. The third-order valence-electron chi connectivity index (χ3n) is 4.16. The molecule has 0 saturated carbocycles. The second-order valence-electron chi connectivity index (χ2n) is 5.74. The molecule has 2 heterocycles. The fourth-order valence-corrected chi connectivity index (χ4v) is 4.53. The van der Waals surface area contributed by atoms with Gasteiger partial charge < -0.3 is 9.84 Å². The maximum Gasteiger partial charge on any atom is 0.322 e. The highest BCUT2D eigenvalue weighted by atomic mass is 32.2. The van der Waals surface area contributed by atoms with Gasteiger partial charge in [-0.3, -0.25) is 4.79 Å². The van der Waals surface area contributed by atoms with E-state index in [4.69, 9.17) is 4.74 Å². The molecule has 1 N–H and O–H groups in total. The number of carboxylic acid groups (broad SMARTS) is 1. The van der Waals surface area contributed by atoms with E-state index < -0.39 is 22.2 Å². The summed E-state index contributed by atoms with van der Waals surface area (Å²) in [6.07, 6.45) is 4.64. The van der Waals surface area contributed by atoms with Crippen LogP contribution in [0.4, 0.5) is 0 Å². The van der Waals surface area contributed by atoms with Gasteiger partial charge >= 0.3 is 5.97 Å². The summed E-state index contributed by atoms with van der Waals surface area (Å²) >= 11 is 0. The van der Waals surface area contributed by atoms with Crippen LogP contribution in [0.25, 0.3) is 0 Å². The predicted molar refractivity (Wildman–Crippen MR) is 77.1 cm³/mol. The molecule has 2 rings (SSSR count). The first kappa shape index (κ1) is 16.7. The fourth-order valence-electron chi connectivity index (χ4n) is 2.94. The number of carboxylic acids is 1. The molecule has 2 aliphatic heterocycles. The zero-order valence-electron chi connectivity index (χ0n) is 12.4. The van der Waals surface area contributed by atoms with Crippen LogP contribution in [0.15, 0.2) is 0 Å².